The van der Waals surface area contributed by atoms with E-state index in [4.69, 9.17) is 4.74 Å². The third-order valence-corrected chi connectivity index (χ3v) is 4.39. The Kier molecular flexibility index (Phi) is 5.65. The highest BCUT2D eigenvalue weighted by Crippen LogP contribution is 2.15. The fraction of sp³-hybridized carbons (Fsp3) is 0.500. The van der Waals surface area contributed by atoms with Gasteiger partial charge in [-0.3, -0.25) is 4.79 Å². The van der Waals surface area contributed by atoms with E-state index in [-0.39, 0.29) is 12.0 Å². The second-order valence-electron chi connectivity index (χ2n) is 6.52. The van der Waals surface area contributed by atoms with Gasteiger partial charge in [-0.05, 0) is 30.5 Å². The first-order valence-corrected chi connectivity index (χ1v) is 8.59. The Morgan fingerprint density at radius 1 is 1.40 bits per heavy atom. The molecule has 2 aromatic rings. The van der Waals surface area contributed by atoms with Gasteiger partial charge in [-0.15, -0.1) is 0 Å². The number of aromatic nitrogens is 3. The van der Waals surface area contributed by atoms with Crippen molar-refractivity contribution in [1.29, 1.82) is 0 Å². The Balaban J connectivity index is 1.51. The van der Waals surface area contributed by atoms with Gasteiger partial charge in [0.15, 0.2) is 0 Å². The first-order valence-electron chi connectivity index (χ1n) is 8.59. The SMILES string of the molecule is CN(C)c1cc(CC[C@@H]2CN(C(=O)Cn3ccnc3)CCO2)ccn1. The number of imidazole rings is 1. The van der Waals surface area contributed by atoms with Crippen LogP contribution < -0.4 is 4.90 Å². The number of hydrogen-bond donors (Lipinski definition) is 0. The normalized spacial score (nSPS) is 17.5. The summed E-state index contributed by atoms with van der Waals surface area (Å²) in [6.45, 7) is 2.24. The Labute approximate surface area is 148 Å². The summed E-state index contributed by atoms with van der Waals surface area (Å²) in [6, 6.07) is 4.14. The van der Waals surface area contributed by atoms with Gasteiger partial charge in [0.05, 0.1) is 19.0 Å². The van der Waals surface area contributed by atoms with Gasteiger partial charge in [0.1, 0.15) is 12.4 Å². The van der Waals surface area contributed by atoms with Crippen molar-refractivity contribution >= 4 is 11.7 Å². The van der Waals surface area contributed by atoms with E-state index in [0.29, 0.717) is 26.2 Å². The summed E-state index contributed by atoms with van der Waals surface area (Å²) in [5.41, 5.74) is 1.24. The lowest BCUT2D eigenvalue weighted by molar-refractivity contribution is -0.139. The van der Waals surface area contributed by atoms with E-state index in [9.17, 15) is 4.79 Å². The minimum absolute atomic E-state index is 0.0801. The molecule has 0 aromatic carbocycles. The molecule has 1 aliphatic heterocycles. The molecule has 1 atom stereocenters. The van der Waals surface area contributed by atoms with Gasteiger partial charge in [0.25, 0.3) is 0 Å². The van der Waals surface area contributed by atoms with E-state index < -0.39 is 0 Å². The third kappa shape index (κ3) is 4.79. The maximum atomic E-state index is 12.4. The van der Waals surface area contributed by atoms with Crippen LogP contribution >= 0.6 is 0 Å². The predicted molar refractivity (Wildman–Crippen MR) is 95.4 cm³/mol. The zero-order chi connectivity index (χ0) is 17.6. The molecule has 0 unspecified atom stereocenters. The number of amides is 1. The molecule has 0 N–H and O–H groups in total. The summed E-state index contributed by atoms with van der Waals surface area (Å²) >= 11 is 0. The highest BCUT2D eigenvalue weighted by atomic mass is 16.5. The van der Waals surface area contributed by atoms with Gasteiger partial charge >= 0.3 is 0 Å². The van der Waals surface area contributed by atoms with Gasteiger partial charge in [-0.2, -0.15) is 0 Å². The van der Waals surface area contributed by atoms with Crippen LogP contribution in [0.3, 0.4) is 0 Å². The van der Waals surface area contributed by atoms with Gasteiger partial charge in [0, 0.05) is 45.8 Å². The van der Waals surface area contributed by atoms with Crippen LogP contribution in [-0.2, 0) is 22.5 Å². The molecule has 0 spiro atoms. The van der Waals surface area contributed by atoms with Crippen molar-refractivity contribution in [3.8, 4) is 0 Å². The minimum Gasteiger partial charge on any atom is -0.375 e. The molecule has 1 saturated heterocycles. The number of nitrogens with zero attached hydrogens (tertiary/aromatic N) is 5. The lowest BCUT2D eigenvalue weighted by atomic mass is 10.1. The molecular weight excluding hydrogens is 318 g/mol. The van der Waals surface area contributed by atoms with Crippen molar-refractivity contribution in [3.63, 3.8) is 0 Å². The highest BCUT2D eigenvalue weighted by molar-refractivity contribution is 5.76. The van der Waals surface area contributed by atoms with E-state index in [1.165, 1.54) is 5.56 Å². The topological polar surface area (TPSA) is 63.5 Å². The molecule has 0 radical (unpaired) electrons. The number of anilines is 1. The number of rotatable bonds is 6. The quantitative estimate of drug-likeness (QED) is 0.789. The second kappa shape index (κ2) is 8.11. The number of morpholine rings is 1. The van der Waals surface area contributed by atoms with Gasteiger partial charge in [-0.25, -0.2) is 9.97 Å². The van der Waals surface area contributed by atoms with Crippen LogP contribution in [0.1, 0.15) is 12.0 Å². The van der Waals surface area contributed by atoms with Crippen molar-refractivity contribution in [1.82, 2.24) is 19.4 Å². The summed E-state index contributed by atoms with van der Waals surface area (Å²) in [7, 11) is 3.97. The maximum absolute atomic E-state index is 12.4. The van der Waals surface area contributed by atoms with Crippen molar-refractivity contribution in [3.05, 3.63) is 42.6 Å². The van der Waals surface area contributed by atoms with E-state index >= 15 is 0 Å². The van der Waals surface area contributed by atoms with Gasteiger partial charge in [0.2, 0.25) is 5.91 Å². The molecule has 7 heteroatoms. The number of aryl methyl sites for hydroxylation is 1. The molecule has 7 nitrogen and oxygen atoms in total. The average Bonchev–Trinajstić information content (AvgIpc) is 3.13. The molecule has 0 aliphatic carbocycles. The number of pyridine rings is 1. The lowest BCUT2D eigenvalue weighted by Gasteiger charge is -2.33. The van der Waals surface area contributed by atoms with Crippen LogP contribution in [0.15, 0.2) is 37.1 Å². The first kappa shape index (κ1) is 17.4. The van der Waals surface area contributed by atoms with Crippen LogP contribution in [0.5, 0.6) is 0 Å². The maximum Gasteiger partial charge on any atom is 0.242 e. The van der Waals surface area contributed by atoms with Crippen molar-refractivity contribution in [2.45, 2.75) is 25.5 Å². The van der Waals surface area contributed by atoms with Crippen LogP contribution in [0.25, 0.3) is 0 Å². The zero-order valence-electron chi connectivity index (χ0n) is 14.8. The smallest absolute Gasteiger partial charge is 0.242 e. The van der Waals surface area contributed by atoms with Crippen LogP contribution in [0.2, 0.25) is 0 Å². The van der Waals surface area contributed by atoms with Crippen molar-refractivity contribution in [2.75, 3.05) is 38.7 Å². The highest BCUT2D eigenvalue weighted by Gasteiger charge is 2.24. The summed E-state index contributed by atoms with van der Waals surface area (Å²) in [4.78, 5) is 24.6. The molecule has 1 aliphatic rings. The summed E-state index contributed by atoms with van der Waals surface area (Å²) in [6.07, 6.45) is 8.89. The van der Waals surface area contributed by atoms with Crippen LogP contribution in [0, 0.1) is 0 Å². The monoisotopic (exact) mass is 343 g/mol. The molecule has 1 fully saturated rings. The van der Waals surface area contributed by atoms with Gasteiger partial charge < -0.3 is 19.1 Å². The van der Waals surface area contributed by atoms with Crippen LogP contribution in [0.4, 0.5) is 5.82 Å². The number of ether oxygens (including phenoxy) is 1. The standard InChI is InChI=1S/C18H25N5O2/c1-21(2)17-11-15(5-6-20-17)3-4-16-12-23(9-10-25-16)18(24)13-22-8-7-19-14-22/h5-8,11,14,16H,3-4,9-10,12-13H2,1-2H3/t16-/m1/s1. The van der Waals surface area contributed by atoms with Crippen molar-refractivity contribution in [2.24, 2.45) is 0 Å². The lowest BCUT2D eigenvalue weighted by Crippen LogP contribution is -2.46. The second-order valence-corrected chi connectivity index (χ2v) is 6.52. The summed E-state index contributed by atoms with van der Waals surface area (Å²) in [5.74, 6) is 1.07. The number of carbonyl (C=O) groups is 1. The summed E-state index contributed by atoms with van der Waals surface area (Å²) in [5, 5.41) is 0. The molecule has 1 amide bonds. The molecule has 134 valence electrons. The number of carbonyl (C=O) groups excluding carboxylic acids is 1. The largest absolute Gasteiger partial charge is 0.375 e. The molecule has 3 heterocycles. The molecule has 2 aromatic heterocycles. The first-order chi connectivity index (χ1) is 12.1. The summed E-state index contributed by atoms with van der Waals surface area (Å²) < 4.78 is 7.65. The molecule has 0 bridgehead atoms. The van der Waals surface area contributed by atoms with Crippen molar-refractivity contribution < 1.29 is 9.53 Å². The minimum atomic E-state index is 0.0801. The van der Waals surface area contributed by atoms with E-state index in [2.05, 4.69) is 16.0 Å². The zero-order valence-corrected chi connectivity index (χ0v) is 14.8. The third-order valence-electron chi connectivity index (χ3n) is 4.39. The Morgan fingerprint density at radius 3 is 3.04 bits per heavy atom. The average molecular weight is 343 g/mol. The fourth-order valence-electron chi connectivity index (χ4n) is 2.95. The number of hydrogen-bond acceptors (Lipinski definition) is 5. The van der Waals surface area contributed by atoms with Crippen LogP contribution in [-0.4, -0.2) is 65.2 Å². The molecular formula is C18H25N5O2. The Bertz CT molecular complexity index is 687. The predicted octanol–water partition coefficient (Wildman–Crippen LogP) is 1.20. The van der Waals surface area contributed by atoms with E-state index in [0.717, 1.165) is 18.7 Å². The Morgan fingerprint density at radius 2 is 2.28 bits per heavy atom. The van der Waals surface area contributed by atoms with Gasteiger partial charge in [-0.1, -0.05) is 0 Å². The molecule has 3 rings (SSSR count). The van der Waals surface area contributed by atoms with E-state index in [1.807, 2.05) is 42.4 Å². The van der Waals surface area contributed by atoms with E-state index in [1.54, 1.807) is 17.1 Å². The molecule has 0 saturated carbocycles. The molecule has 25 heavy (non-hydrogen) atoms. The fourth-order valence-corrected chi connectivity index (χ4v) is 2.95. The Hall–Kier alpha value is -2.41.